The summed E-state index contributed by atoms with van der Waals surface area (Å²) in [6.07, 6.45) is 5.97. The molecular weight excluding hydrogens is 240 g/mol. The lowest BCUT2D eigenvalue weighted by atomic mass is 10.00. The van der Waals surface area contributed by atoms with Gasteiger partial charge in [0.05, 0.1) is 12.6 Å². The Morgan fingerprint density at radius 3 is 2.79 bits per heavy atom. The lowest BCUT2D eigenvalue weighted by molar-refractivity contribution is -0.123. The van der Waals surface area contributed by atoms with Crippen LogP contribution in [0.25, 0.3) is 0 Å². The molecule has 1 heterocycles. The number of rotatable bonds is 4. The number of nitrogens with one attached hydrogen (secondary N) is 2. The van der Waals surface area contributed by atoms with E-state index in [-0.39, 0.29) is 5.91 Å². The minimum atomic E-state index is -0.595. The van der Waals surface area contributed by atoms with Crippen LogP contribution in [0.5, 0.6) is 0 Å². The zero-order valence-electron chi connectivity index (χ0n) is 11.7. The Bertz CT molecular complexity index is 351. The molecule has 5 heteroatoms. The van der Waals surface area contributed by atoms with E-state index in [2.05, 4.69) is 21.6 Å². The van der Waals surface area contributed by atoms with E-state index < -0.39 is 5.54 Å². The van der Waals surface area contributed by atoms with Gasteiger partial charge >= 0.3 is 0 Å². The molecule has 2 rings (SSSR count). The lowest BCUT2D eigenvalue weighted by Gasteiger charge is -2.32. The summed E-state index contributed by atoms with van der Waals surface area (Å²) in [5, 5.41) is 15.6. The number of hydrogen-bond donors (Lipinski definition) is 2. The van der Waals surface area contributed by atoms with Crippen molar-refractivity contribution in [2.45, 2.75) is 50.1 Å². The molecule has 0 aromatic rings. The number of amides is 1. The fourth-order valence-corrected chi connectivity index (χ4v) is 3.11. The molecule has 2 N–H and O–H groups in total. The van der Waals surface area contributed by atoms with Crippen molar-refractivity contribution in [2.75, 3.05) is 26.7 Å². The third-order valence-corrected chi connectivity index (χ3v) is 4.34. The van der Waals surface area contributed by atoms with Gasteiger partial charge < -0.3 is 10.6 Å². The minimum Gasteiger partial charge on any atom is -0.337 e. The second kappa shape index (κ2) is 6.36. The molecule has 0 bridgehead atoms. The first-order chi connectivity index (χ1) is 9.15. The molecule has 1 aliphatic carbocycles. The normalized spacial score (nSPS) is 26.1. The SMILES string of the molecule is CN(CC(=O)NC1(C#N)CCCC1)C1CCCNC1. The van der Waals surface area contributed by atoms with E-state index in [0.29, 0.717) is 12.6 Å². The van der Waals surface area contributed by atoms with Crippen LogP contribution >= 0.6 is 0 Å². The van der Waals surface area contributed by atoms with Crippen molar-refractivity contribution in [3.8, 4) is 6.07 Å². The molecule has 1 atom stereocenters. The molecular formula is C14H24N4O. The van der Waals surface area contributed by atoms with Gasteiger partial charge in [-0.25, -0.2) is 0 Å². The zero-order valence-corrected chi connectivity index (χ0v) is 11.7. The highest BCUT2D eigenvalue weighted by Gasteiger charge is 2.35. The standard InChI is InChI=1S/C14H24N4O/c1-18(12-5-4-8-16-9-12)10-13(19)17-14(11-15)6-2-3-7-14/h12,16H,2-10H2,1H3,(H,17,19). The van der Waals surface area contributed by atoms with Gasteiger partial charge in [-0.15, -0.1) is 0 Å². The Morgan fingerprint density at radius 2 is 2.21 bits per heavy atom. The first-order valence-corrected chi connectivity index (χ1v) is 7.28. The molecule has 1 saturated carbocycles. The summed E-state index contributed by atoms with van der Waals surface area (Å²) >= 11 is 0. The number of likely N-dealkylation sites (N-methyl/N-ethyl adjacent to an activating group) is 1. The Labute approximate surface area is 115 Å². The maximum atomic E-state index is 12.1. The molecule has 0 aromatic heterocycles. The summed E-state index contributed by atoms with van der Waals surface area (Å²) < 4.78 is 0. The van der Waals surface area contributed by atoms with E-state index in [1.807, 2.05) is 7.05 Å². The topological polar surface area (TPSA) is 68.2 Å². The monoisotopic (exact) mass is 264 g/mol. The highest BCUT2D eigenvalue weighted by Crippen LogP contribution is 2.28. The fraction of sp³-hybridized carbons (Fsp3) is 0.857. The summed E-state index contributed by atoms with van der Waals surface area (Å²) in [5.41, 5.74) is -0.595. The van der Waals surface area contributed by atoms with Crippen molar-refractivity contribution in [2.24, 2.45) is 0 Å². The van der Waals surface area contributed by atoms with Gasteiger partial charge in [-0.1, -0.05) is 0 Å². The van der Waals surface area contributed by atoms with Gasteiger partial charge in [-0.2, -0.15) is 5.26 Å². The molecule has 106 valence electrons. The molecule has 19 heavy (non-hydrogen) atoms. The highest BCUT2D eigenvalue weighted by atomic mass is 16.2. The average molecular weight is 264 g/mol. The van der Waals surface area contributed by atoms with Gasteiger partial charge in [0.15, 0.2) is 0 Å². The molecule has 1 saturated heterocycles. The third kappa shape index (κ3) is 3.68. The molecule has 1 amide bonds. The minimum absolute atomic E-state index is 0.0171. The van der Waals surface area contributed by atoms with Crippen molar-refractivity contribution in [1.29, 1.82) is 5.26 Å². The van der Waals surface area contributed by atoms with Crippen LogP contribution in [0, 0.1) is 11.3 Å². The quantitative estimate of drug-likeness (QED) is 0.781. The Balaban J connectivity index is 1.81. The first-order valence-electron chi connectivity index (χ1n) is 7.28. The van der Waals surface area contributed by atoms with Gasteiger partial charge in [0, 0.05) is 12.6 Å². The number of piperidine rings is 1. The molecule has 1 unspecified atom stereocenters. The molecule has 0 spiro atoms. The van der Waals surface area contributed by atoms with Crippen LogP contribution in [0.4, 0.5) is 0 Å². The largest absolute Gasteiger partial charge is 0.337 e. The number of hydrogen-bond acceptors (Lipinski definition) is 4. The second-order valence-electron chi connectivity index (χ2n) is 5.86. The van der Waals surface area contributed by atoms with E-state index in [1.165, 1.54) is 6.42 Å². The lowest BCUT2D eigenvalue weighted by Crippen LogP contribution is -2.52. The molecule has 0 aromatic carbocycles. The van der Waals surface area contributed by atoms with E-state index >= 15 is 0 Å². The van der Waals surface area contributed by atoms with Crippen molar-refractivity contribution in [1.82, 2.24) is 15.5 Å². The van der Waals surface area contributed by atoms with Gasteiger partial charge in [-0.3, -0.25) is 9.69 Å². The summed E-state index contributed by atoms with van der Waals surface area (Å²) in [6, 6.07) is 2.73. The van der Waals surface area contributed by atoms with E-state index in [0.717, 1.165) is 45.2 Å². The predicted molar refractivity (Wildman–Crippen MR) is 73.5 cm³/mol. The van der Waals surface area contributed by atoms with Crippen LogP contribution in [0.3, 0.4) is 0 Å². The van der Waals surface area contributed by atoms with Gasteiger partial charge in [0.2, 0.25) is 5.91 Å². The van der Waals surface area contributed by atoms with E-state index in [9.17, 15) is 10.1 Å². The zero-order chi connectivity index (χ0) is 13.7. The molecule has 5 nitrogen and oxygen atoms in total. The molecule has 2 fully saturated rings. The highest BCUT2D eigenvalue weighted by molar-refractivity contribution is 5.79. The summed E-state index contributed by atoms with van der Waals surface area (Å²) in [5.74, 6) is -0.0171. The first kappa shape index (κ1) is 14.3. The predicted octanol–water partition coefficient (Wildman–Crippen LogP) is 0.623. The summed E-state index contributed by atoms with van der Waals surface area (Å²) in [4.78, 5) is 14.2. The van der Waals surface area contributed by atoms with Crippen molar-refractivity contribution < 1.29 is 4.79 Å². The van der Waals surface area contributed by atoms with E-state index in [1.54, 1.807) is 0 Å². The molecule has 1 aliphatic heterocycles. The second-order valence-corrected chi connectivity index (χ2v) is 5.86. The number of nitriles is 1. The maximum absolute atomic E-state index is 12.1. The van der Waals surface area contributed by atoms with Crippen LogP contribution in [-0.4, -0.2) is 49.1 Å². The van der Waals surface area contributed by atoms with Crippen LogP contribution in [-0.2, 0) is 4.79 Å². The average Bonchev–Trinajstić information content (AvgIpc) is 2.88. The molecule has 2 aliphatic rings. The Hall–Kier alpha value is -1.12. The number of carbonyl (C=O) groups is 1. The van der Waals surface area contributed by atoms with Gasteiger partial charge in [0.1, 0.15) is 5.54 Å². The van der Waals surface area contributed by atoms with Gasteiger partial charge in [0.25, 0.3) is 0 Å². The fourth-order valence-electron chi connectivity index (χ4n) is 3.11. The number of nitrogens with zero attached hydrogens (tertiary/aromatic N) is 2. The van der Waals surface area contributed by atoms with Crippen molar-refractivity contribution in [3.63, 3.8) is 0 Å². The van der Waals surface area contributed by atoms with Crippen molar-refractivity contribution in [3.05, 3.63) is 0 Å². The smallest absolute Gasteiger partial charge is 0.235 e. The van der Waals surface area contributed by atoms with Crippen LogP contribution in [0.15, 0.2) is 0 Å². The summed E-state index contributed by atoms with van der Waals surface area (Å²) in [6.45, 7) is 2.41. The van der Waals surface area contributed by atoms with Crippen molar-refractivity contribution >= 4 is 5.91 Å². The molecule has 0 radical (unpaired) electrons. The maximum Gasteiger partial charge on any atom is 0.235 e. The Morgan fingerprint density at radius 1 is 1.47 bits per heavy atom. The van der Waals surface area contributed by atoms with Gasteiger partial charge in [-0.05, 0) is 52.1 Å². The number of carbonyl (C=O) groups excluding carboxylic acids is 1. The Kier molecular flexibility index (Phi) is 4.78. The van der Waals surface area contributed by atoms with Crippen LogP contribution in [0.1, 0.15) is 38.5 Å². The van der Waals surface area contributed by atoms with Crippen LogP contribution in [0.2, 0.25) is 0 Å². The van der Waals surface area contributed by atoms with E-state index in [4.69, 9.17) is 0 Å². The summed E-state index contributed by atoms with van der Waals surface area (Å²) in [7, 11) is 1.99. The van der Waals surface area contributed by atoms with Crippen LogP contribution < -0.4 is 10.6 Å². The third-order valence-electron chi connectivity index (χ3n) is 4.34.